The fraction of sp³-hybridized carbons (Fsp3) is 0.105. The number of benzene rings is 2. The van der Waals surface area contributed by atoms with Crippen LogP contribution in [0.15, 0.2) is 54.9 Å². The van der Waals surface area contributed by atoms with Gasteiger partial charge in [-0.25, -0.2) is 9.37 Å². The van der Waals surface area contributed by atoms with Gasteiger partial charge < -0.3 is 4.90 Å². The minimum atomic E-state index is -0.482. The maximum atomic E-state index is 13.6. The number of rotatable bonds is 2. The number of imidazole rings is 1. The second-order valence-electron chi connectivity index (χ2n) is 5.93. The van der Waals surface area contributed by atoms with Gasteiger partial charge in [-0.1, -0.05) is 30.3 Å². The standard InChI is InChI=1S/C19H14FN3O2/c1-22-10-16-17(18(24)12-5-3-2-4-6-12)21-11-23(16)15-8-7-13(20)9-14(15)19(22)25/h2-9,11H,10H2,1H3. The molecule has 1 aliphatic rings. The molecule has 0 bridgehead atoms. The predicted octanol–water partition coefficient (Wildman–Crippen LogP) is 2.83. The summed E-state index contributed by atoms with van der Waals surface area (Å²) in [6, 6.07) is 12.9. The molecule has 4 rings (SSSR count). The van der Waals surface area contributed by atoms with E-state index in [1.165, 1.54) is 29.4 Å². The highest BCUT2D eigenvalue weighted by atomic mass is 19.1. The second kappa shape index (κ2) is 5.66. The Labute approximate surface area is 143 Å². The first-order valence-corrected chi connectivity index (χ1v) is 7.77. The van der Waals surface area contributed by atoms with Crippen molar-refractivity contribution in [2.75, 3.05) is 7.05 Å². The molecule has 25 heavy (non-hydrogen) atoms. The number of aromatic nitrogens is 2. The average molecular weight is 335 g/mol. The fourth-order valence-electron chi connectivity index (χ4n) is 3.04. The van der Waals surface area contributed by atoms with Crippen molar-refractivity contribution < 1.29 is 14.0 Å². The van der Waals surface area contributed by atoms with E-state index in [9.17, 15) is 14.0 Å². The topological polar surface area (TPSA) is 55.2 Å². The van der Waals surface area contributed by atoms with Crippen LogP contribution in [0.4, 0.5) is 4.39 Å². The Bertz CT molecular complexity index is 995. The average Bonchev–Trinajstić information content (AvgIpc) is 3.00. The number of ketones is 1. The highest BCUT2D eigenvalue weighted by Crippen LogP contribution is 2.27. The summed E-state index contributed by atoms with van der Waals surface area (Å²) in [5.74, 6) is -0.985. The minimum absolute atomic E-state index is 0.208. The van der Waals surface area contributed by atoms with Crippen LogP contribution >= 0.6 is 0 Å². The molecule has 0 radical (unpaired) electrons. The summed E-state index contributed by atoms with van der Waals surface area (Å²) in [6.45, 7) is 0.211. The summed E-state index contributed by atoms with van der Waals surface area (Å²) in [5.41, 5.74) is 2.20. The molecule has 0 atom stereocenters. The summed E-state index contributed by atoms with van der Waals surface area (Å²) >= 11 is 0. The largest absolute Gasteiger partial charge is 0.336 e. The number of hydrogen-bond donors (Lipinski definition) is 0. The summed E-state index contributed by atoms with van der Waals surface area (Å²) < 4.78 is 15.3. The number of hydrogen-bond acceptors (Lipinski definition) is 3. The third-order valence-corrected chi connectivity index (χ3v) is 4.30. The van der Waals surface area contributed by atoms with Gasteiger partial charge in [0.2, 0.25) is 5.78 Å². The lowest BCUT2D eigenvalue weighted by Gasteiger charge is -2.14. The molecule has 0 N–H and O–H groups in total. The molecule has 1 aromatic heterocycles. The van der Waals surface area contributed by atoms with Crippen LogP contribution in [0, 0.1) is 5.82 Å². The smallest absolute Gasteiger partial charge is 0.256 e. The van der Waals surface area contributed by atoms with E-state index >= 15 is 0 Å². The zero-order valence-electron chi connectivity index (χ0n) is 13.4. The van der Waals surface area contributed by atoms with Gasteiger partial charge in [-0.05, 0) is 18.2 Å². The van der Waals surface area contributed by atoms with Gasteiger partial charge in [0.15, 0.2) is 0 Å². The zero-order valence-corrected chi connectivity index (χ0v) is 13.4. The van der Waals surface area contributed by atoms with Gasteiger partial charge in [0.05, 0.1) is 23.5 Å². The lowest BCUT2D eigenvalue weighted by atomic mass is 10.1. The molecule has 2 heterocycles. The van der Waals surface area contributed by atoms with Gasteiger partial charge in [0, 0.05) is 12.6 Å². The molecule has 0 fully saturated rings. The van der Waals surface area contributed by atoms with Crippen LogP contribution in [0.5, 0.6) is 0 Å². The van der Waals surface area contributed by atoms with Crippen molar-refractivity contribution >= 4 is 11.7 Å². The molecule has 0 saturated heterocycles. The first kappa shape index (κ1) is 15.3. The van der Waals surface area contributed by atoms with Crippen molar-refractivity contribution in [1.82, 2.24) is 14.5 Å². The van der Waals surface area contributed by atoms with E-state index in [1.54, 1.807) is 35.9 Å². The van der Waals surface area contributed by atoms with Crippen molar-refractivity contribution in [3.8, 4) is 5.69 Å². The van der Waals surface area contributed by atoms with Crippen LogP contribution in [0.3, 0.4) is 0 Å². The molecule has 2 aromatic carbocycles. The maximum Gasteiger partial charge on any atom is 0.256 e. The predicted molar refractivity (Wildman–Crippen MR) is 89.2 cm³/mol. The van der Waals surface area contributed by atoms with E-state index in [0.29, 0.717) is 22.6 Å². The van der Waals surface area contributed by atoms with Crippen LogP contribution in [0.1, 0.15) is 32.1 Å². The number of carbonyl (C=O) groups excluding carboxylic acids is 2. The molecule has 124 valence electrons. The molecular weight excluding hydrogens is 321 g/mol. The van der Waals surface area contributed by atoms with Crippen molar-refractivity contribution in [3.05, 3.63) is 83.2 Å². The normalized spacial score (nSPS) is 13.2. The summed E-state index contributed by atoms with van der Waals surface area (Å²) in [7, 11) is 1.62. The number of fused-ring (bicyclic) bond motifs is 3. The maximum absolute atomic E-state index is 13.6. The van der Waals surface area contributed by atoms with E-state index in [2.05, 4.69) is 4.98 Å². The fourth-order valence-corrected chi connectivity index (χ4v) is 3.04. The molecule has 5 nitrogen and oxygen atoms in total. The van der Waals surface area contributed by atoms with Gasteiger partial charge >= 0.3 is 0 Å². The minimum Gasteiger partial charge on any atom is -0.336 e. The van der Waals surface area contributed by atoms with Gasteiger partial charge in [-0.3, -0.25) is 14.2 Å². The van der Waals surface area contributed by atoms with E-state index in [-0.39, 0.29) is 23.8 Å². The second-order valence-corrected chi connectivity index (χ2v) is 5.93. The Hall–Kier alpha value is -3.28. The van der Waals surface area contributed by atoms with Crippen LogP contribution < -0.4 is 0 Å². The molecule has 3 aromatic rings. The van der Waals surface area contributed by atoms with Crippen molar-refractivity contribution in [3.63, 3.8) is 0 Å². The molecular formula is C19H14FN3O2. The number of carbonyl (C=O) groups is 2. The Morgan fingerprint density at radius 3 is 2.68 bits per heavy atom. The van der Waals surface area contributed by atoms with Crippen LogP contribution in [0.2, 0.25) is 0 Å². The lowest BCUT2D eigenvalue weighted by molar-refractivity contribution is 0.0785. The number of nitrogens with zero attached hydrogens (tertiary/aromatic N) is 3. The van der Waals surface area contributed by atoms with E-state index in [0.717, 1.165) is 0 Å². The first-order chi connectivity index (χ1) is 12.1. The lowest BCUT2D eigenvalue weighted by Crippen LogP contribution is -2.25. The number of amides is 1. The molecule has 1 aliphatic heterocycles. The molecule has 1 amide bonds. The highest BCUT2D eigenvalue weighted by molar-refractivity contribution is 6.09. The van der Waals surface area contributed by atoms with E-state index in [1.807, 2.05) is 6.07 Å². The first-order valence-electron chi connectivity index (χ1n) is 7.77. The van der Waals surface area contributed by atoms with Crippen LogP contribution in [-0.4, -0.2) is 33.2 Å². The molecule has 0 spiro atoms. The van der Waals surface area contributed by atoms with Crippen molar-refractivity contribution in [1.29, 1.82) is 0 Å². The summed E-state index contributed by atoms with van der Waals surface area (Å²) in [6.07, 6.45) is 1.51. The van der Waals surface area contributed by atoms with Gasteiger partial charge in [0.1, 0.15) is 17.8 Å². The molecule has 6 heteroatoms. The zero-order chi connectivity index (χ0) is 17.6. The Balaban J connectivity index is 1.89. The van der Waals surface area contributed by atoms with Crippen molar-refractivity contribution in [2.45, 2.75) is 6.54 Å². The summed E-state index contributed by atoms with van der Waals surface area (Å²) in [4.78, 5) is 31.1. The molecule has 0 aliphatic carbocycles. The van der Waals surface area contributed by atoms with Gasteiger partial charge in [-0.15, -0.1) is 0 Å². The Morgan fingerprint density at radius 1 is 1.16 bits per heavy atom. The molecule has 0 saturated carbocycles. The van der Waals surface area contributed by atoms with E-state index < -0.39 is 5.82 Å². The quantitative estimate of drug-likeness (QED) is 0.677. The summed E-state index contributed by atoms with van der Waals surface area (Å²) in [5, 5.41) is 0. The third kappa shape index (κ3) is 2.42. The molecule has 0 unspecified atom stereocenters. The van der Waals surface area contributed by atoms with E-state index in [4.69, 9.17) is 0 Å². The van der Waals surface area contributed by atoms with Crippen LogP contribution in [0.25, 0.3) is 5.69 Å². The van der Waals surface area contributed by atoms with Gasteiger partial charge in [-0.2, -0.15) is 0 Å². The monoisotopic (exact) mass is 335 g/mol. The Morgan fingerprint density at radius 2 is 1.92 bits per heavy atom. The number of halogens is 1. The van der Waals surface area contributed by atoms with Crippen LogP contribution in [-0.2, 0) is 6.54 Å². The third-order valence-electron chi connectivity index (χ3n) is 4.30. The highest BCUT2D eigenvalue weighted by Gasteiger charge is 2.28. The van der Waals surface area contributed by atoms with Crippen molar-refractivity contribution in [2.24, 2.45) is 0 Å². The SMILES string of the molecule is CN1Cc2c(C(=O)c3ccccc3)ncn2-c2ccc(F)cc2C1=O. The van der Waals surface area contributed by atoms with Gasteiger partial charge in [0.25, 0.3) is 5.91 Å². The Kier molecular flexibility index (Phi) is 3.46.